The van der Waals surface area contributed by atoms with Crippen molar-refractivity contribution in [1.82, 2.24) is 19.9 Å². The quantitative estimate of drug-likeness (QED) is 0.347. The van der Waals surface area contributed by atoms with Gasteiger partial charge in [-0.05, 0) is 37.3 Å². The van der Waals surface area contributed by atoms with Crippen molar-refractivity contribution in [3.8, 4) is 22.6 Å². The van der Waals surface area contributed by atoms with Crippen LogP contribution < -0.4 is 16.6 Å². The fourth-order valence-corrected chi connectivity index (χ4v) is 3.40. The first kappa shape index (κ1) is 22.9. The van der Waals surface area contributed by atoms with Crippen LogP contribution in [0.2, 0.25) is 0 Å². The molecule has 0 amide bonds. The van der Waals surface area contributed by atoms with E-state index in [2.05, 4.69) is 27.1 Å². The van der Waals surface area contributed by atoms with Crippen LogP contribution in [0.25, 0.3) is 22.6 Å². The number of hydrogen-bond acceptors (Lipinski definition) is 8. The average Bonchev–Trinajstić information content (AvgIpc) is 3.30. The van der Waals surface area contributed by atoms with E-state index >= 15 is 0 Å². The van der Waals surface area contributed by atoms with Crippen molar-refractivity contribution in [1.29, 1.82) is 0 Å². The van der Waals surface area contributed by atoms with E-state index in [4.69, 9.17) is 15.0 Å². The molecule has 0 radical (unpaired) electrons. The van der Waals surface area contributed by atoms with E-state index in [0.717, 1.165) is 22.4 Å². The third-order valence-electron chi connectivity index (χ3n) is 4.99. The highest BCUT2D eigenvalue weighted by Gasteiger charge is 2.10. The second-order valence-electron chi connectivity index (χ2n) is 7.52. The number of nitrogens with one attached hydrogen (secondary N) is 1. The first-order valence-corrected chi connectivity index (χ1v) is 10.9. The van der Waals surface area contributed by atoms with Crippen LogP contribution in [0.5, 0.6) is 0 Å². The number of nitrogens with two attached hydrogens (primary N) is 1. The second kappa shape index (κ2) is 10.6. The van der Waals surface area contributed by atoms with Gasteiger partial charge >= 0.3 is 0 Å². The topological polar surface area (TPSA) is 121 Å². The summed E-state index contributed by atoms with van der Waals surface area (Å²) in [6, 6.07) is 18.5. The predicted octanol–water partition coefficient (Wildman–Crippen LogP) is 3.43. The molecule has 9 heteroatoms. The molecule has 0 unspecified atom stereocenters. The monoisotopic (exact) mass is 458 g/mol. The van der Waals surface area contributed by atoms with Crippen molar-refractivity contribution in [2.24, 2.45) is 5.73 Å². The van der Waals surface area contributed by atoms with Crippen LogP contribution >= 0.6 is 0 Å². The maximum atomic E-state index is 12.5. The van der Waals surface area contributed by atoms with Gasteiger partial charge in [0.05, 0.1) is 18.8 Å². The summed E-state index contributed by atoms with van der Waals surface area (Å²) < 4.78 is 12.0. The molecule has 0 saturated heterocycles. The van der Waals surface area contributed by atoms with Crippen molar-refractivity contribution in [3.05, 3.63) is 94.9 Å². The van der Waals surface area contributed by atoms with E-state index in [0.29, 0.717) is 49.4 Å². The number of benzene rings is 2. The zero-order valence-corrected chi connectivity index (χ0v) is 18.9. The van der Waals surface area contributed by atoms with Gasteiger partial charge in [0, 0.05) is 35.8 Å². The molecule has 4 rings (SSSR count). The molecule has 2 aromatic heterocycles. The summed E-state index contributed by atoms with van der Waals surface area (Å²) in [6.07, 6.45) is 0.538. The zero-order valence-electron chi connectivity index (χ0n) is 18.9. The number of rotatable bonds is 10. The summed E-state index contributed by atoms with van der Waals surface area (Å²) in [5.41, 5.74) is 9.46. The number of ether oxygens (including phenoxy) is 1. The van der Waals surface area contributed by atoms with Gasteiger partial charge in [0.15, 0.2) is 5.88 Å². The van der Waals surface area contributed by atoms with Gasteiger partial charge in [-0.15, -0.1) is 0 Å². The Morgan fingerprint density at radius 2 is 1.94 bits per heavy atom. The molecular weight excluding hydrogens is 432 g/mol. The summed E-state index contributed by atoms with van der Waals surface area (Å²) in [7, 11) is 0. The lowest BCUT2D eigenvalue weighted by Crippen LogP contribution is -2.22. The first-order valence-electron chi connectivity index (χ1n) is 10.9. The smallest absolute Gasteiger partial charge is 0.267 e. The summed E-state index contributed by atoms with van der Waals surface area (Å²) >= 11 is 0. The van der Waals surface area contributed by atoms with Crippen LogP contribution in [0.3, 0.4) is 0 Å². The van der Waals surface area contributed by atoms with Crippen molar-refractivity contribution in [3.63, 3.8) is 0 Å². The van der Waals surface area contributed by atoms with Crippen LogP contribution in [0, 0.1) is 0 Å². The Morgan fingerprint density at radius 1 is 1.15 bits per heavy atom. The summed E-state index contributed by atoms with van der Waals surface area (Å²) in [5.74, 6) is 1.49. The van der Waals surface area contributed by atoms with Gasteiger partial charge in [0.1, 0.15) is 0 Å². The largest absolute Gasteiger partial charge is 0.480 e. The lowest BCUT2D eigenvalue weighted by Gasteiger charge is -2.12. The van der Waals surface area contributed by atoms with Gasteiger partial charge < -0.3 is 20.3 Å². The zero-order chi connectivity index (χ0) is 23.9. The van der Waals surface area contributed by atoms with E-state index in [9.17, 15) is 4.79 Å². The number of anilines is 1. The Kier molecular flexibility index (Phi) is 7.14. The first-order chi connectivity index (χ1) is 16.6. The van der Waals surface area contributed by atoms with Gasteiger partial charge in [0.2, 0.25) is 11.7 Å². The molecule has 9 nitrogen and oxygen atoms in total. The third-order valence-corrected chi connectivity index (χ3v) is 4.99. The normalized spacial score (nSPS) is 10.8. The maximum absolute atomic E-state index is 12.5. The van der Waals surface area contributed by atoms with Gasteiger partial charge in [-0.2, -0.15) is 10.1 Å². The Balaban J connectivity index is 1.52. The van der Waals surface area contributed by atoms with E-state index in [1.807, 2.05) is 55.5 Å². The second-order valence-corrected chi connectivity index (χ2v) is 7.52. The highest BCUT2D eigenvalue weighted by atomic mass is 16.5. The van der Waals surface area contributed by atoms with Crippen LogP contribution in [-0.4, -0.2) is 33.1 Å². The molecule has 0 aliphatic carbocycles. The summed E-state index contributed by atoms with van der Waals surface area (Å²) in [5, 5.41) is 11.7. The Labute approximate surface area is 196 Å². The molecular formula is C25H26N6O3. The number of hydrogen-bond donors (Lipinski definition) is 2. The lowest BCUT2D eigenvalue weighted by molar-refractivity contribution is 0.236. The van der Waals surface area contributed by atoms with Crippen LogP contribution in [0.1, 0.15) is 18.4 Å². The van der Waals surface area contributed by atoms with Crippen LogP contribution in [0.15, 0.2) is 82.4 Å². The minimum Gasteiger partial charge on any atom is -0.480 e. The molecule has 4 aromatic rings. The fraction of sp³-hybridized carbons (Fsp3) is 0.200. The molecule has 0 saturated carbocycles. The molecule has 0 aliphatic heterocycles. The molecule has 2 heterocycles. The molecule has 0 bridgehead atoms. The molecule has 3 N–H and O–H groups in total. The highest BCUT2D eigenvalue weighted by molar-refractivity contribution is 5.64. The van der Waals surface area contributed by atoms with Gasteiger partial charge in [-0.1, -0.05) is 41.6 Å². The van der Waals surface area contributed by atoms with Crippen LogP contribution in [-0.2, 0) is 17.7 Å². The molecule has 0 spiro atoms. The van der Waals surface area contributed by atoms with E-state index in [1.165, 1.54) is 10.7 Å². The molecule has 2 aromatic carbocycles. The Hall–Kier alpha value is -4.24. The van der Waals surface area contributed by atoms with Gasteiger partial charge in [-0.25, -0.2) is 4.68 Å². The summed E-state index contributed by atoms with van der Waals surface area (Å²) in [4.78, 5) is 16.8. The molecule has 0 aliphatic rings. The van der Waals surface area contributed by atoms with Gasteiger partial charge in [0.25, 0.3) is 5.56 Å². The van der Waals surface area contributed by atoms with Crippen LogP contribution in [0.4, 0.5) is 5.69 Å². The van der Waals surface area contributed by atoms with Gasteiger partial charge in [-0.3, -0.25) is 4.79 Å². The standard InChI is InChI=1S/C25H26N6O3/c1-3-33-17(2)27-21-6-4-5-18(15-21)16-31-24(32)12-11-22(29-31)19-7-9-20(10-8-19)25-28-23(13-14-26)34-30-25/h4-12,15,27H,2-3,13-14,16,26H2,1H3. The predicted molar refractivity (Wildman–Crippen MR) is 130 cm³/mol. The van der Waals surface area contributed by atoms with E-state index in [-0.39, 0.29) is 5.56 Å². The molecule has 0 atom stereocenters. The third kappa shape index (κ3) is 5.57. The minimum atomic E-state index is -0.184. The van der Waals surface area contributed by atoms with Crippen molar-refractivity contribution in [2.75, 3.05) is 18.5 Å². The van der Waals surface area contributed by atoms with Crippen molar-refractivity contribution >= 4 is 5.69 Å². The van der Waals surface area contributed by atoms with Crippen molar-refractivity contribution in [2.45, 2.75) is 19.9 Å². The summed E-state index contributed by atoms with van der Waals surface area (Å²) in [6.45, 7) is 7.03. The highest BCUT2D eigenvalue weighted by Crippen LogP contribution is 2.22. The average molecular weight is 459 g/mol. The fourth-order valence-electron chi connectivity index (χ4n) is 3.40. The van der Waals surface area contributed by atoms with E-state index in [1.54, 1.807) is 6.07 Å². The molecule has 174 valence electrons. The Morgan fingerprint density at radius 3 is 2.71 bits per heavy atom. The number of aromatic nitrogens is 4. The Bertz CT molecular complexity index is 1330. The maximum Gasteiger partial charge on any atom is 0.267 e. The lowest BCUT2D eigenvalue weighted by atomic mass is 10.1. The molecule has 0 fully saturated rings. The SMILES string of the molecule is C=C(Nc1cccc(Cn2nc(-c3ccc(-c4noc(CCN)n4)cc3)ccc2=O)c1)OCC. The number of nitrogens with zero attached hydrogens (tertiary/aromatic N) is 4. The minimum absolute atomic E-state index is 0.184. The van der Waals surface area contributed by atoms with E-state index < -0.39 is 0 Å². The van der Waals surface area contributed by atoms with Crippen molar-refractivity contribution < 1.29 is 9.26 Å². The molecule has 34 heavy (non-hydrogen) atoms.